The summed E-state index contributed by atoms with van der Waals surface area (Å²) in [6.07, 6.45) is 1.67. The smallest absolute Gasteiger partial charge is 0.161 e. The summed E-state index contributed by atoms with van der Waals surface area (Å²) in [5.41, 5.74) is 3.19. The summed E-state index contributed by atoms with van der Waals surface area (Å²) in [5, 5.41) is 4.17. The fourth-order valence-electron chi connectivity index (χ4n) is 1.98. The largest absolute Gasteiger partial charge is 0.493 e. The molecule has 6 heteroatoms. The van der Waals surface area contributed by atoms with Crippen molar-refractivity contribution in [3.63, 3.8) is 0 Å². The second kappa shape index (κ2) is 5.48. The summed E-state index contributed by atoms with van der Waals surface area (Å²) in [5.74, 6) is 6.34. The van der Waals surface area contributed by atoms with Gasteiger partial charge in [0.15, 0.2) is 5.75 Å². The standard InChI is InChI=1S/C11H22N4O2/c1-6-17-11(2,3)10(14-12)9-8(16-5)7-13-15(9)4/h7,10,14H,6,12H2,1-5H3. The van der Waals surface area contributed by atoms with Crippen molar-refractivity contribution in [2.24, 2.45) is 12.9 Å². The van der Waals surface area contributed by atoms with E-state index in [1.807, 2.05) is 27.8 Å². The minimum absolute atomic E-state index is 0.204. The first-order chi connectivity index (χ1) is 7.97. The molecule has 17 heavy (non-hydrogen) atoms. The summed E-state index contributed by atoms with van der Waals surface area (Å²) in [7, 11) is 3.46. The SMILES string of the molecule is CCOC(C)(C)C(NN)c1c(OC)cnn1C. The minimum atomic E-state index is -0.454. The maximum absolute atomic E-state index is 5.72. The van der Waals surface area contributed by atoms with Crippen molar-refractivity contribution in [3.05, 3.63) is 11.9 Å². The number of ether oxygens (including phenoxy) is 2. The summed E-state index contributed by atoms with van der Waals surface area (Å²) in [4.78, 5) is 0. The van der Waals surface area contributed by atoms with Crippen LogP contribution >= 0.6 is 0 Å². The second-order valence-electron chi connectivity index (χ2n) is 4.36. The van der Waals surface area contributed by atoms with Crippen molar-refractivity contribution in [3.8, 4) is 5.75 Å². The first kappa shape index (κ1) is 14.0. The zero-order chi connectivity index (χ0) is 13.1. The average Bonchev–Trinajstić information content (AvgIpc) is 2.61. The second-order valence-corrected chi connectivity index (χ2v) is 4.36. The number of hydrogen-bond acceptors (Lipinski definition) is 5. The van der Waals surface area contributed by atoms with E-state index < -0.39 is 5.60 Å². The summed E-state index contributed by atoms with van der Waals surface area (Å²) in [6, 6.07) is -0.204. The highest BCUT2D eigenvalue weighted by Crippen LogP contribution is 2.33. The molecule has 0 aliphatic heterocycles. The molecule has 98 valence electrons. The van der Waals surface area contributed by atoms with Crippen LogP contribution in [-0.2, 0) is 11.8 Å². The van der Waals surface area contributed by atoms with Crippen LogP contribution in [0.4, 0.5) is 0 Å². The Balaban J connectivity index is 3.12. The van der Waals surface area contributed by atoms with Gasteiger partial charge in [-0.3, -0.25) is 10.5 Å². The Kier molecular flexibility index (Phi) is 4.50. The van der Waals surface area contributed by atoms with Crippen molar-refractivity contribution < 1.29 is 9.47 Å². The van der Waals surface area contributed by atoms with Crippen molar-refractivity contribution >= 4 is 0 Å². The number of aromatic nitrogens is 2. The molecule has 0 radical (unpaired) electrons. The Morgan fingerprint density at radius 3 is 2.71 bits per heavy atom. The number of methoxy groups -OCH3 is 1. The van der Waals surface area contributed by atoms with Crippen LogP contribution in [0.5, 0.6) is 5.75 Å². The fourth-order valence-corrected chi connectivity index (χ4v) is 1.98. The van der Waals surface area contributed by atoms with Crippen LogP contribution in [0, 0.1) is 0 Å². The minimum Gasteiger partial charge on any atom is -0.493 e. The number of nitrogens with zero attached hydrogens (tertiary/aromatic N) is 2. The van der Waals surface area contributed by atoms with Crippen molar-refractivity contribution in [1.82, 2.24) is 15.2 Å². The maximum Gasteiger partial charge on any atom is 0.161 e. The van der Waals surface area contributed by atoms with Crippen LogP contribution in [0.1, 0.15) is 32.5 Å². The van der Waals surface area contributed by atoms with E-state index in [9.17, 15) is 0 Å². The van der Waals surface area contributed by atoms with Crippen molar-refractivity contribution in [2.75, 3.05) is 13.7 Å². The lowest BCUT2D eigenvalue weighted by Crippen LogP contribution is -2.45. The summed E-state index contributed by atoms with van der Waals surface area (Å²) >= 11 is 0. The van der Waals surface area contributed by atoms with E-state index in [2.05, 4.69) is 10.5 Å². The fraction of sp³-hybridized carbons (Fsp3) is 0.727. The molecular weight excluding hydrogens is 220 g/mol. The van der Waals surface area contributed by atoms with E-state index in [1.165, 1.54) is 0 Å². The van der Waals surface area contributed by atoms with Gasteiger partial charge in [0.25, 0.3) is 0 Å². The zero-order valence-electron chi connectivity index (χ0n) is 11.2. The third-order valence-electron chi connectivity index (χ3n) is 2.82. The molecule has 0 amide bonds. The number of nitrogens with one attached hydrogen (secondary N) is 1. The van der Waals surface area contributed by atoms with Crippen LogP contribution < -0.4 is 16.0 Å². The topological polar surface area (TPSA) is 74.3 Å². The highest BCUT2D eigenvalue weighted by molar-refractivity contribution is 5.30. The van der Waals surface area contributed by atoms with Crippen LogP contribution in [0.15, 0.2) is 6.20 Å². The lowest BCUT2D eigenvalue weighted by molar-refractivity contribution is -0.0415. The van der Waals surface area contributed by atoms with E-state index in [0.29, 0.717) is 12.4 Å². The van der Waals surface area contributed by atoms with Crippen LogP contribution in [0.25, 0.3) is 0 Å². The Bertz CT molecular complexity index is 362. The number of hydrogen-bond donors (Lipinski definition) is 2. The molecule has 3 N–H and O–H groups in total. The Morgan fingerprint density at radius 1 is 1.59 bits per heavy atom. The first-order valence-electron chi connectivity index (χ1n) is 5.63. The van der Waals surface area contributed by atoms with E-state index in [-0.39, 0.29) is 6.04 Å². The molecule has 1 unspecified atom stereocenters. The number of nitrogens with two attached hydrogens (primary N) is 1. The quantitative estimate of drug-likeness (QED) is 0.569. The van der Waals surface area contributed by atoms with Gasteiger partial charge in [-0.2, -0.15) is 5.10 Å². The number of hydrazine groups is 1. The molecule has 0 aliphatic rings. The van der Waals surface area contributed by atoms with E-state index in [4.69, 9.17) is 15.3 Å². The third-order valence-corrected chi connectivity index (χ3v) is 2.82. The van der Waals surface area contributed by atoms with Gasteiger partial charge in [-0.25, -0.2) is 5.43 Å². The number of aryl methyl sites for hydroxylation is 1. The molecule has 0 bridgehead atoms. The normalized spacial score (nSPS) is 13.8. The van der Waals surface area contributed by atoms with Gasteiger partial charge in [0.05, 0.1) is 24.9 Å². The van der Waals surface area contributed by atoms with Crippen molar-refractivity contribution in [2.45, 2.75) is 32.4 Å². The van der Waals surface area contributed by atoms with Gasteiger partial charge in [0, 0.05) is 13.7 Å². The average molecular weight is 242 g/mol. The number of rotatable bonds is 6. The molecule has 0 aromatic carbocycles. The van der Waals surface area contributed by atoms with Crippen LogP contribution in [0.2, 0.25) is 0 Å². The van der Waals surface area contributed by atoms with E-state index in [1.54, 1.807) is 18.0 Å². The van der Waals surface area contributed by atoms with Crippen molar-refractivity contribution in [1.29, 1.82) is 0 Å². The van der Waals surface area contributed by atoms with E-state index in [0.717, 1.165) is 5.69 Å². The Labute approximate surface area is 102 Å². The summed E-state index contributed by atoms with van der Waals surface area (Å²) in [6.45, 7) is 6.53. The third kappa shape index (κ3) is 2.77. The summed E-state index contributed by atoms with van der Waals surface area (Å²) < 4.78 is 12.7. The van der Waals surface area contributed by atoms with Gasteiger partial charge in [-0.05, 0) is 20.8 Å². The molecule has 0 saturated carbocycles. The molecule has 1 aromatic heterocycles. The molecule has 0 spiro atoms. The van der Waals surface area contributed by atoms with E-state index >= 15 is 0 Å². The molecule has 1 atom stereocenters. The zero-order valence-corrected chi connectivity index (χ0v) is 11.2. The Hall–Kier alpha value is -1.11. The molecule has 0 fully saturated rings. The first-order valence-corrected chi connectivity index (χ1v) is 5.63. The highest BCUT2D eigenvalue weighted by Gasteiger charge is 2.35. The van der Waals surface area contributed by atoms with Gasteiger partial charge in [-0.15, -0.1) is 0 Å². The predicted octanol–water partition coefficient (Wildman–Crippen LogP) is 0.748. The Morgan fingerprint density at radius 2 is 2.24 bits per heavy atom. The molecule has 1 aromatic rings. The van der Waals surface area contributed by atoms with Gasteiger partial charge in [-0.1, -0.05) is 0 Å². The molecular formula is C11H22N4O2. The van der Waals surface area contributed by atoms with Crippen LogP contribution in [0.3, 0.4) is 0 Å². The van der Waals surface area contributed by atoms with Gasteiger partial charge < -0.3 is 9.47 Å². The molecule has 0 aliphatic carbocycles. The van der Waals surface area contributed by atoms with Gasteiger partial charge in [0.2, 0.25) is 0 Å². The van der Waals surface area contributed by atoms with Gasteiger partial charge in [0.1, 0.15) is 5.69 Å². The highest BCUT2D eigenvalue weighted by atomic mass is 16.5. The van der Waals surface area contributed by atoms with Crippen LogP contribution in [-0.4, -0.2) is 29.1 Å². The molecule has 6 nitrogen and oxygen atoms in total. The monoisotopic (exact) mass is 242 g/mol. The predicted molar refractivity (Wildman–Crippen MR) is 65.5 cm³/mol. The maximum atomic E-state index is 5.72. The lowest BCUT2D eigenvalue weighted by Gasteiger charge is -2.33. The molecule has 0 saturated heterocycles. The van der Waals surface area contributed by atoms with Gasteiger partial charge >= 0.3 is 0 Å². The molecule has 1 rings (SSSR count). The lowest BCUT2D eigenvalue weighted by atomic mass is 9.95. The molecule has 1 heterocycles.